The molecule has 0 heterocycles. The Kier molecular flexibility index (Phi) is 8.08. The summed E-state index contributed by atoms with van der Waals surface area (Å²) in [6.07, 6.45) is 1.33. The lowest BCUT2D eigenvalue weighted by Gasteiger charge is -2.25. The molecule has 1 N–H and O–H groups in total. The summed E-state index contributed by atoms with van der Waals surface area (Å²) in [7, 11) is 3.29. The molecule has 0 aliphatic heterocycles. The van der Waals surface area contributed by atoms with Crippen LogP contribution in [0.4, 0.5) is 17.1 Å². The third kappa shape index (κ3) is 6.20. The predicted octanol–water partition coefficient (Wildman–Crippen LogP) is 6.56. The SMILES string of the molecule is COc1ccc(N(c2ccc(C#Cc3ccc(/C=C(/C#N)C(=O)O)cc3)cc2)c2ccc(OC)cc2)cc1. The van der Waals surface area contributed by atoms with E-state index in [4.69, 9.17) is 19.8 Å². The van der Waals surface area contributed by atoms with Crippen LogP contribution in [0.2, 0.25) is 0 Å². The number of methoxy groups -OCH3 is 2. The van der Waals surface area contributed by atoms with Crippen molar-refractivity contribution in [3.05, 3.63) is 119 Å². The summed E-state index contributed by atoms with van der Waals surface area (Å²) in [4.78, 5) is 13.1. The molecule has 0 saturated carbocycles. The molecule has 186 valence electrons. The molecular formula is C32H24N2O4. The molecule has 0 saturated heterocycles. The van der Waals surface area contributed by atoms with Gasteiger partial charge in [-0.3, -0.25) is 0 Å². The van der Waals surface area contributed by atoms with Gasteiger partial charge in [-0.05, 0) is 96.6 Å². The Hall–Kier alpha value is -5.46. The van der Waals surface area contributed by atoms with Crippen LogP contribution in [-0.2, 0) is 4.79 Å². The maximum atomic E-state index is 11.0. The van der Waals surface area contributed by atoms with Crippen LogP contribution in [0.3, 0.4) is 0 Å². The summed E-state index contributed by atoms with van der Waals surface area (Å²) in [6, 6.07) is 32.4. The van der Waals surface area contributed by atoms with Crippen LogP contribution >= 0.6 is 0 Å². The smallest absolute Gasteiger partial charge is 0.346 e. The van der Waals surface area contributed by atoms with E-state index in [1.807, 2.05) is 72.8 Å². The molecule has 0 spiro atoms. The minimum atomic E-state index is -1.25. The third-order valence-electron chi connectivity index (χ3n) is 5.71. The van der Waals surface area contributed by atoms with E-state index >= 15 is 0 Å². The number of hydrogen-bond acceptors (Lipinski definition) is 5. The second-order valence-electron chi connectivity index (χ2n) is 8.13. The van der Waals surface area contributed by atoms with E-state index in [0.717, 1.165) is 39.7 Å². The lowest BCUT2D eigenvalue weighted by atomic mass is 10.1. The minimum absolute atomic E-state index is 0.317. The lowest BCUT2D eigenvalue weighted by Crippen LogP contribution is -2.09. The molecule has 0 aliphatic rings. The van der Waals surface area contributed by atoms with Crippen molar-refractivity contribution in [1.29, 1.82) is 5.26 Å². The van der Waals surface area contributed by atoms with Crippen LogP contribution in [0, 0.1) is 23.2 Å². The number of rotatable bonds is 7. The monoisotopic (exact) mass is 500 g/mol. The van der Waals surface area contributed by atoms with Crippen molar-refractivity contribution >= 4 is 29.1 Å². The van der Waals surface area contributed by atoms with E-state index in [0.29, 0.717) is 5.56 Å². The van der Waals surface area contributed by atoms with Crippen LogP contribution in [0.1, 0.15) is 16.7 Å². The number of carbonyl (C=O) groups is 1. The van der Waals surface area contributed by atoms with Crippen molar-refractivity contribution in [3.63, 3.8) is 0 Å². The highest BCUT2D eigenvalue weighted by atomic mass is 16.5. The van der Waals surface area contributed by atoms with Crippen LogP contribution in [0.25, 0.3) is 6.08 Å². The van der Waals surface area contributed by atoms with Crippen molar-refractivity contribution in [3.8, 4) is 29.4 Å². The molecule has 0 unspecified atom stereocenters. The Morgan fingerprint density at radius 1 is 0.711 bits per heavy atom. The molecule has 38 heavy (non-hydrogen) atoms. The molecule has 0 fully saturated rings. The minimum Gasteiger partial charge on any atom is -0.497 e. The van der Waals surface area contributed by atoms with Crippen LogP contribution < -0.4 is 14.4 Å². The number of carboxylic acid groups (broad SMARTS) is 1. The first-order chi connectivity index (χ1) is 18.5. The highest BCUT2D eigenvalue weighted by Crippen LogP contribution is 2.36. The molecule has 6 nitrogen and oxygen atoms in total. The van der Waals surface area contributed by atoms with Crippen LogP contribution in [0.5, 0.6) is 11.5 Å². The summed E-state index contributed by atoms with van der Waals surface area (Å²) in [5, 5.41) is 17.9. The molecule has 6 heteroatoms. The van der Waals surface area contributed by atoms with E-state index < -0.39 is 5.97 Å². The Balaban J connectivity index is 1.58. The van der Waals surface area contributed by atoms with Crippen molar-refractivity contribution in [1.82, 2.24) is 0 Å². The van der Waals surface area contributed by atoms with Gasteiger partial charge in [0.1, 0.15) is 23.1 Å². The largest absolute Gasteiger partial charge is 0.497 e. The highest BCUT2D eigenvalue weighted by Gasteiger charge is 2.13. The summed E-state index contributed by atoms with van der Waals surface area (Å²) >= 11 is 0. The number of ether oxygens (including phenoxy) is 2. The van der Waals surface area contributed by atoms with Crippen molar-refractivity contribution < 1.29 is 19.4 Å². The van der Waals surface area contributed by atoms with Gasteiger partial charge in [-0.25, -0.2) is 4.79 Å². The summed E-state index contributed by atoms with van der Waals surface area (Å²) in [6.45, 7) is 0. The number of benzene rings is 4. The van der Waals surface area contributed by atoms with Gasteiger partial charge in [0.05, 0.1) is 14.2 Å². The molecule has 0 aliphatic carbocycles. The standard InChI is InChI=1S/C32H24N2O4/c1-37-30-17-13-28(14-18-30)34(29-15-19-31(38-2)20-16-29)27-11-9-24(10-12-27)4-3-23-5-7-25(8-6-23)21-26(22-33)32(35)36/h5-21H,1-2H3,(H,35,36)/b26-21-. The quantitative estimate of drug-likeness (QED) is 0.176. The Labute approximate surface area is 221 Å². The molecule has 0 aromatic heterocycles. The molecule has 0 bridgehead atoms. The average molecular weight is 501 g/mol. The van der Waals surface area contributed by atoms with Gasteiger partial charge in [0.25, 0.3) is 0 Å². The molecule has 0 atom stereocenters. The summed E-state index contributed by atoms with van der Waals surface area (Å²) in [5.41, 5.74) is 4.85. The zero-order valence-electron chi connectivity index (χ0n) is 20.9. The second kappa shape index (κ2) is 12.0. The molecule has 0 radical (unpaired) electrons. The van der Waals surface area contributed by atoms with Gasteiger partial charge >= 0.3 is 5.97 Å². The zero-order valence-corrected chi connectivity index (χ0v) is 20.9. The number of anilines is 3. The second-order valence-corrected chi connectivity index (χ2v) is 8.13. The van der Waals surface area contributed by atoms with Gasteiger partial charge in [-0.15, -0.1) is 0 Å². The van der Waals surface area contributed by atoms with Gasteiger partial charge in [0.15, 0.2) is 0 Å². The summed E-state index contributed by atoms with van der Waals surface area (Å²) in [5.74, 6) is 6.60. The maximum absolute atomic E-state index is 11.0. The van der Waals surface area contributed by atoms with Crippen molar-refractivity contribution in [2.45, 2.75) is 0 Å². The number of nitriles is 1. The lowest BCUT2D eigenvalue weighted by molar-refractivity contribution is -0.132. The third-order valence-corrected chi connectivity index (χ3v) is 5.71. The first-order valence-corrected chi connectivity index (χ1v) is 11.7. The predicted molar refractivity (Wildman–Crippen MR) is 148 cm³/mol. The van der Waals surface area contributed by atoms with Crippen molar-refractivity contribution in [2.24, 2.45) is 0 Å². The highest BCUT2D eigenvalue weighted by molar-refractivity contribution is 5.96. The van der Waals surface area contributed by atoms with E-state index in [1.54, 1.807) is 44.6 Å². The Morgan fingerprint density at radius 2 is 1.11 bits per heavy atom. The van der Waals surface area contributed by atoms with E-state index in [2.05, 4.69) is 16.7 Å². The van der Waals surface area contributed by atoms with E-state index in [9.17, 15) is 4.79 Å². The zero-order chi connectivity index (χ0) is 26.9. The van der Waals surface area contributed by atoms with Gasteiger partial charge in [0, 0.05) is 28.2 Å². The Bertz CT molecular complexity index is 1490. The number of nitrogens with zero attached hydrogens (tertiary/aromatic N) is 2. The molecule has 4 rings (SSSR count). The fourth-order valence-corrected chi connectivity index (χ4v) is 3.72. The fourth-order valence-electron chi connectivity index (χ4n) is 3.72. The van der Waals surface area contributed by atoms with E-state index in [1.165, 1.54) is 6.08 Å². The number of hydrogen-bond donors (Lipinski definition) is 1. The van der Waals surface area contributed by atoms with Crippen LogP contribution in [0.15, 0.2) is 103 Å². The van der Waals surface area contributed by atoms with Crippen LogP contribution in [-0.4, -0.2) is 25.3 Å². The summed E-state index contributed by atoms with van der Waals surface area (Å²) < 4.78 is 10.6. The molecule has 0 amide bonds. The van der Waals surface area contributed by atoms with Gasteiger partial charge in [0.2, 0.25) is 0 Å². The maximum Gasteiger partial charge on any atom is 0.346 e. The van der Waals surface area contributed by atoms with E-state index in [-0.39, 0.29) is 5.57 Å². The molecule has 4 aromatic rings. The molecule has 4 aromatic carbocycles. The van der Waals surface area contributed by atoms with Gasteiger partial charge < -0.3 is 19.5 Å². The normalized spacial score (nSPS) is 10.5. The first-order valence-electron chi connectivity index (χ1n) is 11.7. The Morgan fingerprint density at radius 3 is 1.47 bits per heavy atom. The first kappa shape index (κ1) is 25.6. The van der Waals surface area contributed by atoms with Crippen molar-refractivity contribution in [2.75, 3.05) is 19.1 Å². The molecular weight excluding hydrogens is 476 g/mol. The van der Waals surface area contributed by atoms with Gasteiger partial charge in [-0.2, -0.15) is 5.26 Å². The number of carboxylic acids is 1. The average Bonchev–Trinajstić information content (AvgIpc) is 2.96. The fraction of sp³-hybridized carbons (Fsp3) is 0.0625. The van der Waals surface area contributed by atoms with Gasteiger partial charge in [-0.1, -0.05) is 24.0 Å². The number of aliphatic carboxylic acids is 1. The topological polar surface area (TPSA) is 82.8 Å².